The van der Waals surface area contributed by atoms with Crippen LogP contribution in [0.15, 0.2) is 35.3 Å². The maximum atomic E-state index is 12.4. The summed E-state index contributed by atoms with van der Waals surface area (Å²) < 4.78 is 14.0. The second-order valence-corrected chi connectivity index (χ2v) is 9.38. The number of pyridine rings is 1. The van der Waals surface area contributed by atoms with Gasteiger partial charge in [-0.05, 0) is 44.1 Å². The summed E-state index contributed by atoms with van der Waals surface area (Å²) in [5.41, 5.74) is 1.90. The fourth-order valence-electron chi connectivity index (χ4n) is 4.18. The van der Waals surface area contributed by atoms with E-state index >= 15 is 0 Å². The third-order valence-corrected chi connectivity index (χ3v) is 7.11. The predicted molar refractivity (Wildman–Crippen MR) is 123 cm³/mol. The lowest BCUT2D eigenvalue weighted by Gasteiger charge is -2.32. The van der Waals surface area contributed by atoms with Crippen LogP contribution in [-0.4, -0.2) is 53.3 Å². The van der Waals surface area contributed by atoms with Gasteiger partial charge in [-0.1, -0.05) is 22.9 Å². The molecule has 0 bridgehead atoms. The summed E-state index contributed by atoms with van der Waals surface area (Å²) in [6.07, 6.45) is 3.91. The third-order valence-electron chi connectivity index (χ3n) is 5.92. The van der Waals surface area contributed by atoms with Crippen LogP contribution < -0.4 is 19.7 Å². The zero-order valence-electron chi connectivity index (χ0n) is 17.2. The van der Waals surface area contributed by atoms with Gasteiger partial charge in [-0.3, -0.25) is 14.3 Å². The highest BCUT2D eigenvalue weighted by atomic mass is 35.5. The van der Waals surface area contributed by atoms with Gasteiger partial charge in [0.05, 0.1) is 22.1 Å². The molecule has 1 saturated heterocycles. The Morgan fingerprint density at radius 1 is 1.13 bits per heavy atom. The summed E-state index contributed by atoms with van der Waals surface area (Å²) in [4.78, 5) is 19.4. The fourth-order valence-corrected chi connectivity index (χ4v) is 5.25. The number of hydrogen-bond donors (Lipinski definition) is 1. The van der Waals surface area contributed by atoms with Crippen molar-refractivity contribution >= 4 is 33.2 Å². The molecule has 0 radical (unpaired) electrons. The van der Waals surface area contributed by atoms with E-state index in [9.17, 15) is 4.79 Å². The van der Waals surface area contributed by atoms with Crippen molar-refractivity contribution < 1.29 is 9.47 Å². The molecule has 5 rings (SSSR count). The Bertz CT molecular complexity index is 1120. The highest BCUT2D eigenvalue weighted by molar-refractivity contribution is 7.16. The summed E-state index contributed by atoms with van der Waals surface area (Å²) in [6, 6.07) is 8.08. The average Bonchev–Trinajstić information content (AvgIpc) is 3.11. The minimum Gasteiger partial charge on any atom is -0.486 e. The van der Waals surface area contributed by atoms with Gasteiger partial charge in [-0.15, -0.1) is 0 Å². The molecule has 7 nitrogen and oxygen atoms in total. The van der Waals surface area contributed by atoms with Crippen molar-refractivity contribution in [1.29, 1.82) is 0 Å². The first-order chi connectivity index (χ1) is 15.2. The predicted octanol–water partition coefficient (Wildman–Crippen LogP) is 3.14. The number of hydrogen-bond acceptors (Lipinski definition) is 7. The highest BCUT2D eigenvalue weighted by Gasteiger charge is 2.20. The summed E-state index contributed by atoms with van der Waals surface area (Å²) in [6.45, 7) is 5.48. The van der Waals surface area contributed by atoms with Crippen molar-refractivity contribution in [3.63, 3.8) is 0 Å². The van der Waals surface area contributed by atoms with Gasteiger partial charge in [0, 0.05) is 36.8 Å². The summed E-state index contributed by atoms with van der Waals surface area (Å²) >= 11 is 7.41. The number of nitrogens with zero attached hydrogens (tertiary/aromatic N) is 3. The molecule has 1 N–H and O–H groups in total. The molecule has 3 aromatic rings. The van der Waals surface area contributed by atoms with Crippen LogP contribution >= 0.6 is 22.9 Å². The standard InChI is InChI=1S/C22H25ClN4O3S/c23-15-1-2-21-18(11-15)27(22(28)31-21)8-7-26-5-3-16(4-6-26)24-13-17-12-19-20(14-25-17)30-10-9-29-19/h1-2,11-12,14,16,24H,3-10,13H2. The van der Waals surface area contributed by atoms with Gasteiger partial charge < -0.3 is 19.7 Å². The number of halogens is 1. The SMILES string of the molecule is O=c1sc2ccc(Cl)cc2n1CCN1CCC(NCc2cc3c(cn2)OCCO3)CC1. The van der Waals surface area contributed by atoms with Crippen molar-refractivity contribution in [2.75, 3.05) is 32.8 Å². The van der Waals surface area contributed by atoms with Crippen LogP contribution in [0.3, 0.4) is 0 Å². The highest BCUT2D eigenvalue weighted by Crippen LogP contribution is 2.29. The maximum Gasteiger partial charge on any atom is 0.308 e. The molecule has 0 amide bonds. The van der Waals surface area contributed by atoms with Crippen LogP contribution in [0.25, 0.3) is 10.2 Å². The quantitative estimate of drug-likeness (QED) is 0.609. The zero-order valence-corrected chi connectivity index (χ0v) is 18.8. The first kappa shape index (κ1) is 20.8. The number of likely N-dealkylation sites (tertiary alicyclic amines) is 1. The van der Waals surface area contributed by atoms with Crippen LogP contribution in [0.1, 0.15) is 18.5 Å². The number of benzene rings is 1. The van der Waals surface area contributed by atoms with Gasteiger partial charge >= 0.3 is 4.87 Å². The van der Waals surface area contributed by atoms with E-state index in [1.807, 2.05) is 28.8 Å². The molecule has 0 saturated carbocycles. The van der Waals surface area contributed by atoms with Gasteiger partial charge in [0.2, 0.25) is 0 Å². The van der Waals surface area contributed by atoms with E-state index in [0.29, 0.717) is 30.8 Å². The first-order valence-corrected chi connectivity index (χ1v) is 11.8. The smallest absolute Gasteiger partial charge is 0.308 e. The zero-order chi connectivity index (χ0) is 21.2. The van der Waals surface area contributed by atoms with Crippen LogP contribution in [0, 0.1) is 0 Å². The largest absolute Gasteiger partial charge is 0.486 e. The maximum absolute atomic E-state index is 12.4. The van der Waals surface area contributed by atoms with Gasteiger partial charge in [-0.2, -0.15) is 0 Å². The van der Waals surface area contributed by atoms with Crippen molar-refractivity contribution in [2.24, 2.45) is 0 Å². The number of rotatable bonds is 6. The van der Waals surface area contributed by atoms with Gasteiger partial charge in [0.25, 0.3) is 0 Å². The normalized spacial score (nSPS) is 17.3. The second-order valence-electron chi connectivity index (χ2n) is 7.95. The minimum atomic E-state index is 0.0840. The molecule has 0 unspecified atom stereocenters. The molecule has 9 heteroatoms. The molecule has 0 atom stereocenters. The number of nitrogens with one attached hydrogen (secondary N) is 1. The number of piperidine rings is 1. The van der Waals surface area contributed by atoms with Gasteiger partial charge in [0.1, 0.15) is 13.2 Å². The number of ether oxygens (including phenoxy) is 2. The molecule has 4 heterocycles. The van der Waals surface area contributed by atoms with E-state index in [-0.39, 0.29) is 4.87 Å². The molecule has 164 valence electrons. The molecule has 31 heavy (non-hydrogen) atoms. The summed E-state index contributed by atoms with van der Waals surface area (Å²) in [5.74, 6) is 1.51. The van der Waals surface area contributed by atoms with Crippen molar-refractivity contribution in [3.8, 4) is 11.5 Å². The van der Waals surface area contributed by atoms with Gasteiger partial charge in [0.15, 0.2) is 11.5 Å². The Hall–Kier alpha value is -2.13. The average molecular weight is 461 g/mol. The van der Waals surface area contributed by atoms with Crippen LogP contribution in [0.4, 0.5) is 0 Å². The summed E-state index contributed by atoms with van der Waals surface area (Å²) in [7, 11) is 0. The molecular weight excluding hydrogens is 436 g/mol. The Morgan fingerprint density at radius 3 is 2.77 bits per heavy atom. The summed E-state index contributed by atoms with van der Waals surface area (Å²) in [5, 5.41) is 4.29. The van der Waals surface area contributed by atoms with E-state index in [1.54, 1.807) is 6.20 Å². The van der Waals surface area contributed by atoms with E-state index in [0.717, 1.165) is 66.4 Å². The van der Waals surface area contributed by atoms with Crippen LogP contribution in [0.5, 0.6) is 11.5 Å². The second kappa shape index (κ2) is 9.16. The Balaban J connectivity index is 1.11. The lowest BCUT2D eigenvalue weighted by Crippen LogP contribution is -2.43. The number of thiazole rings is 1. The Morgan fingerprint density at radius 2 is 1.94 bits per heavy atom. The van der Waals surface area contributed by atoms with E-state index in [4.69, 9.17) is 21.1 Å². The van der Waals surface area contributed by atoms with Crippen molar-refractivity contribution in [3.05, 3.63) is 50.8 Å². The molecule has 2 aromatic heterocycles. The van der Waals surface area contributed by atoms with Crippen molar-refractivity contribution in [2.45, 2.75) is 32.0 Å². The molecule has 1 fully saturated rings. The molecule has 2 aliphatic heterocycles. The van der Waals surface area contributed by atoms with E-state index < -0.39 is 0 Å². The van der Waals surface area contributed by atoms with Gasteiger partial charge in [-0.25, -0.2) is 0 Å². The fraction of sp³-hybridized carbons (Fsp3) is 0.455. The molecular formula is C22H25ClN4O3S. The first-order valence-electron chi connectivity index (χ1n) is 10.6. The van der Waals surface area contributed by atoms with E-state index in [1.165, 1.54) is 11.3 Å². The number of aromatic nitrogens is 2. The lowest BCUT2D eigenvalue weighted by atomic mass is 10.0. The third kappa shape index (κ3) is 4.72. The van der Waals surface area contributed by atoms with Crippen molar-refractivity contribution in [1.82, 2.24) is 19.8 Å². The van der Waals surface area contributed by atoms with E-state index in [2.05, 4.69) is 15.2 Å². The Labute approximate surface area is 189 Å². The minimum absolute atomic E-state index is 0.0840. The monoisotopic (exact) mass is 460 g/mol. The van der Waals surface area contributed by atoms with Crippen LogP contribution in [-0.2, 0) is 13.1 Å². The Kier molecular flexibility index (Phi) is 6.13. The number of fused-ring (bicyclic) bond motifs is 2. The molecule has 1 aromatic carbocycles. The lowest BCUT2D eigenvalue weighted by molar-refractivity contribution is 0.170. The molecule has 0 aliphatic carbocycles. The molecule has 2 aliphatic rings. The molecule has 0 spiro atoms. The van der Waals surface area contributed by atoms with Crippen LogP contribution in [0.2, 0.25) is 5.02 Å². The topological polar surface area (TPSA) is 68.6 Å².